The van der Waals surface area contributed by atoms with E-state index in [2.05, 4.69) is 77.7 Å². The molecular formula is C30H42N8O4. The average molecular weight is 579 g/mol. The molecule has 12 heteroatoms. The number of hydrogen-bond acceptors (Lipinski definition) is 10. The van der Waals surface area contributed by atoms with E-state index in [1.807, 2.05) is 0 Å². The lowest BCUT2D eigenvalue weighted by Crippen LogP contribution is -2.59. The Morgan fingerprint density at radius 3 is 2.64 bits per heavy atom. The van der Waals surface area contributed by atoms with Crippen molar-refractivity contribution in [3.63, 3.8) is 0 Å². The van der Waals surface area contributed by atoms with Crippen LogP contribution in [-0.2, 0) is 16.6 Å². The summed E-state index contributed by atoms with van der Waals surface area (Å²) >= 11 is 0. The summed E-state index contributed by atoms with van der Waals surface area (Å²) in [6, 6.07) is 6.64. The maximum atomic E-state index is 11.3. The molecule has 4 atom stereocenters. The molecule has 0 amide bonds. The first kappa shape index (κ1) is 28.9. The van der Waals surface area contributed by atoms with Crippen molar-refractivity contribution in [2.75, 3.05) is 12.3 Å². The Kier molecular flexibility index (Phi) is 7.25. The van der Waals surface area contributed by atoms with Gasteiger partial charge in [-0.05, 0) is 56.2 Å². The number of aromatic amines is 1. The number of anilines is 1. The van der Waals surface area contributed by atoms with E-state index in [-0.39, 0.29) is 23.3 Å². The fourth-order valence-corrected chi connectivity index (χ4v) is 6.41. The van der Waals surface area contributed by atoms with Crippen LogP contribution in [0.3, 0.4) is 0 Å². The van der Waals surface area contributed by atoms with E-state index >= 15 is 0 Å². The van der Waals surface area contributed by atoms with E-state index in [4.69, 9.17) is 15.5 Å². The van der Waals surface area contributed by atoms with Gasteiger partial charge in [0, 0.05) is 25.0 Å². The Balaban J connectivity index is 1.08. The molecule has 6 N–H and O–H groups in total. The van der Waals surface area contributed by atoms with Crippen LogP contribution in [0.4, 0.5) is 5.82 Å². The predicted molar refractivity (Wildman–Crippen MR) is 159 cm³/mol. The van der Waals surface area contributed by atoms with Gasteiger partial charge >= 0.3 is 0 Å². The van der Waals surface area contributed by atoms with Gasteiger partial charge in [-0.25, -0.2) is 19.9 Å². The molecule has 1 aliphatic carbocycles. The zero-order chi connectivity index (χ0) is 30.0. The molecule has 12 nitrogen and oxygen atoms in total. The van der Waals surface area contributed by atoms with Gasteiger partial charge in [0.15, 0.2) is 17.7 Å². The minimum absolute atomic E-state index is 0.0633. The number of nitrogen functional groups attached to an aromatic ring is 1. The molecule has 226 valence electrons. The van der Waals surface area contributed by atoms with Gasteiger partial charge in [0.25, 0.3) is 0 Å². The molecule has 0 spiro atoms. The summed E-state index contributed by atoms with van der Waals surface area (Å²) in [7, 11) is 0. The summed E-state index contributed by atoms with van der Waals surface area (Å²) in [4.78, 5) is 22.9. The molecule has 0 radical (unpaired) electrons. The van der Waals surface area contributed by atoms with Gasteiger partial charge in [0.05, 0.1) is 23.0 Å². The molecule has 2 fully saturated rings. The van der Waals surface area contributed by atoms with Gasteiger partial charge < -0.3 is 30.8 Å². The van der Waals surface area contributed by atoms with Crippen LogP contribution in [0.2, 0.25) is 0 Å². The maximum Gasteiger partial charge on any atom is 0.167 e. The minimum atomic E-state index is -1.17. The van der Waals surface area contributed by atoms with Crippen LogP contribution in [0.25, 0.3) is 22.2 Å². The third kappa shape index (κ3) is 5.26. The normalized spacial score (nSPS) is 28.4. The van der Waals surface area contributed by atoms with Crippen molar-refractivity contribution < 1.29 is 20.1 Å². The lowest BCUT2D eigenvalue weighted by atomic mass is 9.71. The molecule has 4 unspecified atom stereocenters. The maximum absolute atomic E-state index is 11.3. The molecule has 3 aromatic heterocycles. The van der Waals surface area contributed by atoms with Crippen LogP contribution in [0, 0.1) is 0 Å². The number of nitrogens with one attached hydrogen (secondary N) is 1. The first-order valence-electron chi connectivity index (χ1n) is 14.7. The number of aliphatic hydroxyl groups is 3. The van der Waals surface area contributed by atoms with Gasteiger partial charge in [0.1, 0.15) is 36.0 Å². The summed E-state index contributed by atoms with van der Waals surface area (Å²) in [6.45, 7) is 11.2. The number of H-pyrrole nitrogens is 1. The zero-order valence-electron chi connectivity index (χ0n) is 24.9. The second kappa shape index (κ2) is 10.5. The number of aryl methyl sites for hydroxylation is 1. The fourth-order valence-electron chi connectivity index (χ4n) is 6.41. The van der Waals surface area contributed by atoms with Crippen molar-refractivity contribution in [1.82, 2.24) is 34.4 Å². The van der Waals surface area contributed by atoms with E-state index in [9.17, 15) is 15.3 Å². The largest absolute Gasteiger partial charge is 0.390 e. The van der Waals surface area contributed by atoms with E-state index in [0.717, 1.165) is 16.9 Å². The smallest absolute Gasteiger partial charge is 0.167 e. The number of rotatable bonds is 8. The third-order valence-electron chi connectivity index (χ3n) is 8.98. The molecule has 6 rings (SSSR count). The second-order valence-corrected chi connectivity index (χ2v) is 13.4. The number of hydrogen-bond donors (Lipinski definition) is 5. The highest BCUT2D eigenvalue weighted by Crippen LogP contribution is 2.41. The van der Waals surface area contributed by atoms with E-state index in [1.165, 1.54) is 18.2 Å². The third-order valence-corrected chi connectivity index (χ3v) is 8.98. The number of imidazole rings is 2. The lowest BCUT2D eigenvalue weighted by molar-refractivity contribution is -0.119. The predicted octanol–water partition coefficient (Wildman–Crippen LogP) is 2.44. The first-order valence-corrected chi connectivity index (χ1v) is 14.7. The Morgan fingerprint density at radius 2 is 1.93 bits per heavy atom. The van der Waals surface area contributed by atoms with Crippen LogP contribution < -0.4 is 5.73 Å². The Bertz CT molecular complexity index is 1570. The van der Waals surface area contributed by atoms with Crippen LogP contribution in [0.5, 0.6) is 0 Å². The molecule has 1 saturated heterocycles. The minimum Gasteiger partial charge on any atom is -0.390 e. The van der Waals surface area contributed by atoms with Crippen molar-refractivity contribution in [3.8, 4) is 0 Å². The highest BCUT2D eigenvalue weighted by Gasteiger charge is 2.49. The van der Waals surface area contributed by atoms with E-state index in [0.29, 0.717) is 43.4 Å². The summed E-state index contributed by atoms with van der Waals surface area (Å²) in [6.07, 6.45) is 1.59. The second-order valence-electron chi connectivity index (χ2n) is 13.4. The molecule has 1 saturated carbocycles. The van der Waals surface area contributed by atoms with Crippen molar-refractivity contribution in [1.29, 1.82) is 0 Å². The number of fused-ring (bicyclic) bond motifs is 2. The van der Waals surface area contributed by atoms with Crippen molar-refractivity contribution in [2.24, 2.45) is 0 Å². The van der Waals surface area contributed by atoms with E-state index < -0.39 is 30.1 Å². The van der Waals surface area contributed by atoms with Crippen molar-refractivity contribution in [2.45, 2.75) is 108 Å². The highest BCUT2D eigenvalue weighted by molar-refractivity contribution is 5.81. The monoisotopic (exact) mass is 578 g/mol. The number of aliphatic hydroxyl groups excluding tert-OH is 2. The van der Waals surface area contributed by atoms with Gasteiger partial charge in [-0.15, -0.1) is 0 Å². The number of aromatic nitrogens is 6. The highest BCUT2D eigenvalue weighted by atomic mass is 16.6. The van der Waals surface area contributed by atoms with Gasteiger partial charge in [-0.3, -0.25) is 9.47 Å². The fraction of sp³-hybridized carbons (Fsp3) is 0.600. The molecule has 4 aromatic rings. The first-order chi connectivity index (χ1) is 19.8. The van der Waals surface area contributed by atoms with Gasteiger partial charge in [-0.1, -0.05) is 26.8 Å². The lowest BCUT2D eigenvalue weighted by Gasteiger charge is -2.50. The van der Waals surface area contributed by atoms with Crippen LogP contribution >= 0.6 is 0 Å². The Hall–Kier alpha value is -3.16. The van der Waals surface area contributed by atoms with Crippen LogP contribution in [0.1, 0.15) is 71.5 Å². The van der Waals surface area contributed by atoms with Crippen molar-refractivity contribution >= 4 is 28.0 Å². The van der Waals surface area contributed by atoms with E-state index in [1.54, 1.807) is 4.57 Å². The number of benzene rings is 1. The van der Waals surface area contributed by atoms with Crippen LogP contribution in [0.15, 0.2) is 30.9 Å². The Morgan fingerprint density at radius 1 is 1.17 bits per heavy atom. The van der Waals surface area contributed by atoms with Crippen LogP contribution in [-0.4, -0.2) is 92.2 Å². The molecule has 2 aliphatic rings. The molecule has 42 heavy (non-hydrogen) atoms. The zero-order valence-corrected chi connectivity index (χ0v) is 24.9. The Labute approximate surface area is 245 Å². The number of ether oxygens (including phenoxy) is 1. The molecule has 4 heterocycles. The van der Waals surface area contributed by atoms with Gasteiger partial charge in [0.2, 0.25) is 0 Å². The number of nitrogens with two attached hydrogens (primary N) is 1. The quantitative estimate of drug-likeness (QED) is 0.209. The summed E-state index contributed by atoms with van der Waals surface area (Å²) in [5.74, 6) is 1.12. The summed E-state index contributed by atoms with van der Waals surface area (Å²) in [5.41, 5.74) is 9.27. The van der Waals surface area contributed by atoms with Crippen molar-refractivity contribution in [3.05, 3.63) is 42.2 Å². The summed E-state index contributed by atoms with van der Waals surface area (Å²) in [5, 5.41) is 33.2. The number of nitrogens with zero attached hydrogens (tertiary/aromatic N) is 6. The summed E-state index contributed by atoms with van der Waals surface area (Å²) < 4.78 is 7.79. The standard InChI is InChI=1S/C30H42N8O4/c1-16(2)37(13-21-24(39)25(40)28(42-21)38-15-34-23-26(31)32-14-33-27(23)38)18-11-30(41,12-18)9-8-22-35-19-7-6-17(29(3,4)5)10-20(19)36-22/h6-7,10,14-16,18,21,24-25,28,39-41H,8-9,11-13H2,1-5H3,(H,35,36)(H2,31,32,33). The molecular weight excluding hydrogens is 536 g/mol. The molecule has 0 bridgehead atoms. The van der Waals surface area contributed by atoms with Gasteiger partial charge in [-0.2, -0.15) is 0 Å². The SMILES string of the molecule is CC(C)N(CC1OC(n2cnc3c(N)ncnc32)C(O)C1O)C1CC(O)(CCc2nc3ccc(C(C)(C)C)cc3[nH]2)C1. The molecule has 1 aromatic carbocycles. The topological polar surface area (TPSA) is 171 Å². The average Bonchev–Trinajstić information content (AvgIpc) is 3.60. The molecule has 1 aliphatic heterocycles.